The second kappa shape index (κ2) is 6.44. The van der Waals surface area contributed by atoms with Gasteiger partial charge in [0.2, 0.25) is 0 Å². The number of carboxylic acid groups (broad SMARTS) is 1. The molecule has 0 atom stereocenters. The molecule has 0 aliphatic carbocycles. The zero-order chi connectivity index (χ0) is 15.6. The van der Waals surface area contributed by atoms with Gasteiger partial charge in [0.1, 0.15) is 0 Å². The maximum Gasteiger partial charge on any atom is 0.336 e. The molecule has 0 fully saturated rings. The first-order valence-corrected chi connectivity index (χ1v) is 7.44. The number of nitrogens with one attached hydrogen (secondary N) is 1. The monoisotopic (exact) mass is 415 g/mol. The smallest absolute Gasteiger partial charge is 0.336 e. The first-order valence-electron chi connectivity index (χ1n) is 5.99. The molecule has 21 heavy (non-hydrogen) atoms. The van der Waals surface area contributed by atoms with Gasteiger partial charge in [-0.2, -0.15) is 0 Å². The first kappa shape index (κ1) is 15.8. The average Bonchev–Trinajstić information content (AvgIpc) is 2.43. The number of aromatic carboxylic acids is 1. The molecule has 0 saturated carbocycles. The van der Waals surface area contributed by atoms with Crippen LogP contribution in [0.3, 0.4) is 0 Å². The molecule has 108 valence electrons. The van der Waals surface area contributed by atoms with Crippen LogP contribution >= 0.6 is 34.2 Å². The van der Waals surface area contributed by atoms with Crippen LogP contribution in [0.5, 0.6) is 0 Å². The Morgan fingerprint density at radius 3 is 2.52 bits per heavy atom. The number of hydrogen-bond acceptors (Lipinski definition) is 2. The molecule has 0 radical (unpaired) electrons. The number of anilines is 1. The number of hydrogen-bond donors (Lipinski definition) is 2. The lowest BCUT2D eigenvalue weighted by Gasteiger charge is -2.08. The summed E-state index contributed by atoms with van der Waals surface area (Å²) < 4.78 is 0.856. The highest BCUT2D eigenvalue weighted by atomic mass is 127. The molecule has 0 aliphatic rings. The predicted molar refractivity (Wildman–Crippen MR) is 90.3 cm³/mol. The Morgan fingerprint density at radius 1 is 1.19 bits per heavy atom. The van der Waals surface area contributed by atoms with Gasteiger partial charge in [0.15, 0.2) is 0 Å². The first-order chi connectivity index (χ1) is 9.88. The third-order valence-corrected chi connectivity index (χ3v) is 4.48. The molecule has 2 aromatic carbocycles. The average molecular weight is 416 g/mol. The van der Waals surface area contributed by atoms with Gasteiger partial charge in [-0.15, -0.1) is 0 Å². The minimum absolute atomic E-state index is 0.161. The summed E-state index contributed by atoms with van der Waals surface area (Å²) in [6, 6.07) is 9.73. The lowest BCUT2D eigenvalue weighted by Crippen LogP contribution is -2.13. The summed E-state index contributed by atoms with van der Waals surface area (Å²) in [5.74, 6) is -1.37. The van der Waals surface area contributed by atoms with Gasteiger partial charge < -0.3 is 10.4 Å². The van der Waals surface area contributed by atoms with Crippen LogP contribution in [0.15, 0.2) is 36.4 Å². The van der Waals surface area contributed by atoms with E-state index in [-0.39, 0.29) is 11.5 Å². The third kappa shape index (κ3) is 3.74. The van der Waals surface area contributed by atoms with E-state index in [1.54, 1.807) is 37.3 Å². The van der Waals surface area contributed by atoms with E-state index in [2.05, 4.69) is 27.9 Å². The zero-order valence-electron chi connectivity index (χ0n) is 11.0. The number of benzene rings is 2. The van der Waals surface area contributed by atoms with E-state index in [1.165, 1.54) is 6.07 Å². The van der Waals surface area contributed by atoms with Crippen molar-refractivity contribution >= 4 is 51.8 Å². The molecule has 0 aliphatic heterocycles. The fraction of sp³-hybridized carbons (Fsp3) is 0.0667. The highest BCUT2D eigenvalue weighted by molar-refractivity contribution is 14.1. The van der Waals surface area contributed by atoms with Gasteiger partial charge in [-0.25, -0.2) is 4.79 Å². The standard InChI is InChI=1S/C15H11ClINO3/c1-8-2-4-10(7-11(8)15(20)21)18-14(19)9-3-5-13(17)12(16)6-9/h2-7H,1H3,(H,18,19)(H,20,21). The lowest BCUT2D eigenvalue weighted by atomic mass is 10.1. The molecule has 0 spiro atoms. The summed E-state index contributed by atoms with van der Waals surface area (Å²) in [6.07, 6.45) is 0. The highest BCUT2D eigenvalue weighted by Crippen LogP contribution is 2.21. The van der Waals surface area contributed by atoms with Crippen LogP contribution in [0.4, 0.5) is 5.69 Å². The Kier molecular flexibility index (Phi) is 4.84. The number of carbonyl (C=O) groups excluding carboxylic acids is 1. The number of amides is 1. The molecule has 2 N–H and O–H groups in total. The van der Waals surface area contributed by atoms with Crippen LogP contribution in [-0.4, -0.2) is 17.0 Å². The van der Waals surface area contributed by atoms with Crippen molar-refractivity contribution in [3.63, 3.8) is 0 Å². The van der Waals surface area contributed by atoms with Gasteiger partial charge >= 0.3 is 5.97 Å². The van der Waals surface area contributed by atoms with E-state index >= 15 is 0 Å². The van der Waals surface area contributed by atoms with Crippen molar-refractivity contribution in [2.45, 2.75) is 6.92 Å². The largest absolute Gasteiger partial charge is 0.478 e. The fourth-order valence-corrected chi connectivity index (χ4v) is 2.29. The maximum atomic E-state index is 12.1. The van der Waals surface area contributed by atoms with Crippen LogP contribution in [0.25, 0.3) is 0 Å². The van der Waals surface area contributed by atoms with Crippen LogP contribution in [0.1, 0.15) is 26.3 Å². The Labute approximate surface area is 140 Å². The highest BCUT2D eigenvalue weighted by Gasteiger charge is 2.11. The molecule has 0 unspecified atom stereocenters. The van der Waals surface area contributed by atoms with Crippen molar-refractivity contribution in [2.24, 2.45) is 0 Å². The number of carboxylic acids is 1. The summed E-state index contributed by atoms with van der Waals surface area (Å²) >= 11 is 8.06. The predicted octanol–water partition coefficient (Wildman–Crippen LogP) is 4.20. The van der Waals surface area contributed by atoms with E-state index in [0.29, 0.717) is 21.8 Å². The molecule has 0 saturated heterocycles. The number of carbonyl (C=O) groups is 2. The Bertz CT molecular complexity index is 731. The Hall–Kier alpha value is -1.60. The summed E-state index contributed by atoms with van der Waals surface area (Å²) in [7, 11) is 0. The van der Waals surface area contributed by atoms with Crippen LogP contribution in [0, 0.1) is 10.5 Å². The fourth-order valence-electron chi connectivity index (χ4n) is 1.77. The molecular formula is C15H11ClINO3. The van der Waals surface area contributed by atoms with Crippen LogP contribution < -0.4 is 5.32 Å². The van der Waals surface area contributed by atoms with Crippen molar-refractivity contribution in [1.29, 1.82) is 0 Å². The molecule has 0 heterocycles. The van der Waals surface area contributed by atoms with E-state index in [0.717, 1.165) is 3.57 Å². The van der Waals surface area contributed by atoms with Crippen molar-refractivity contribution in [3.05, 3.63) is 61.7 Å². The van der Waals surface area contributed by atoms with Gasteiger partial charge in [0, 0.05) is 14.8 Å². The molecule has 6 heteroatoms. The molecular weight excluding hydrogens is 405 g/mol. The SMILES string of the molecule is Cc1ccc(NC(=O)c2ccc(I)c(Cl)c2)cc1C(=O)O. The van der Waals surface area contributed by atoms with Crippen molar-refractivity contribution in [2.75, 3.05) is 5.32 Å². The molecule has 0 bridgehead atoms. The number of rotatable bonds is 3. The molecule has 2 rings (SSSR count). The van der Waals surface area contributed by atoms with Gasteiger partial charge in [-0.05, 0) is 65.4 Å². The second-order valence-electron chi connectivity index (χ2n) is 4.42. The van der Waals surface area contributed by atoms with Crippen LogP contribution in [0.2, 0.25) is 5.02 Å². The number of halogens is 2. The van der Waals surface area contributed by atoms with Crippen molar-refractivity contribution in [1.82, 2.24) is 0 Å². The van der Waals surface area contributed by atoms with Gasteiger partial charge in [0.25, 0.3) is 5.91 Å². The van der Waals surface area contributed by atoms with Crippen LogP contribution in [-0.2, 0) is 0 Å². The maximum absolute atomic E-state index is 12.1. The Morgan fingerprint density at radius 2 is 1.90 bits per heavy atom. The topological polar surface area (TPSA) is 66.4 Å². The second-order valence-corrected chi connectivity index (χ2v) is 5.99. The summed E-state index contributed by atoms with van der Waals surface area (Å²) in [4.78, 5) is 23.2. The quantitative estimate of drug-likeness (QED) is 0.738. The minimum atomic E-state index is -1.03. The summed E-state index contributed by atoms with van der Waals surface area (Å²) in [6.45, 7) is 1.70. The van der Waals surface area contributed by atoms with E-state index < -0.39 is 5.97 Å². The van der Waals surface area contributed by atoms with Gasteiger partial charge in [-0.3, -0.25) is 4.79 Å². The van der Waals surface area contributed by atoms with E-state index in [1.807, 2.05) is 0 Å². The lowest BCUT2D eigenvalue weighted by molar-refractivity contribution is 0.0695. The zero-order valence-corrected chi connectivity index (χ0v) is 13.9. The van der Waals surface area contributed by atoms with Crippen molar-refractivity contribution < 1.29 is 14.7 Å². The molecule has 2 aromatic rings. The third-order valence-electron chi connectivity index (χ3n) is 2.91. The Balaban J connectivity index is 2.25. The van der Waals surface area contributed by atoms with Gasteiger partial charge in [0.05, 0.1) is 10.6 Å². The summed E-state index contributed by atoms with van der Waals surface area (Å²) in [5.41, 5.74) is 1.64. The van der Waals surface area contributed by atoms with E-state index in [9.17, 15) is 9.59 Å². The molecule has 0 aromatic heterocycles. The summed E-state index contributed by atoms with van der Waals surface area (Å²) in [5, 5.41) is 12.2. The van der Waals surface area contributed by atoms with E-state index in [4.69, 9.17) is 16.7 Å². The normalized spacial score (nSPS) is 10.2. The molecule has 1 amide bonds. The van der Waals surface area contributed by atoms with Crippen molar-refractivity contribution in [3.8, 4) is 0 Å². The minimum Gasteiger partial charge on any atom is -0.478 e. The van der Waals surface area contributed by atoms with Gasteiger partial charge in [-0.1, -0.05) is 17.7 Å². The number of aryl methyl sites for hydroxylation is 1. The molecule has 4 nitrogen and oxygen atoms in total.